The first-order valence-corrected chi connectivity index (χ1v) is 9.02. The van der Waals surface area contributed by atoms with Crippen molar-refractivity contribution in [1.82, 2.24) is 4.90 Å². The van der Waals surface area contributed by atoms with Crippen LogP contribution in [0.4, 0.5) is 11.4 Å². The van der Waals surface area contributed by atoms with E-state index in [1.165, 1.54) is 0 Å². The van der Waals surface area contributed by atoms with Crippen molar-refractivity contribution in [3.05, 3.63) is 59.7 Å². The normalized spacial score (nSPS) is 17.5. The minimum atomic E-state index is -0.163. The third-order valence-corrected chi connectivity index (χ3v) is 4.74. The molecule has 1 aliphatic rings. The summed E-state index contributed by atoms with van der Waals surface area (Å²) >= 11 is 0. The molecule has 5 nitrogen and oxygen atoms in total. The molecule has 1 heterocycles. The molecule has 0 bridgehead atoms. The van der Waals surface area contributed by atoms with Gasteiger partial charge >= 0.3 is 0 Å². The predicted octanol–water partition coefficient (Wildman–Crippen LogP) is 3.67. The molecular formula is C21H25N3O2. The number of amides is 2. The van der Waals surface area contributed by atoms with E-state index in [1.807, 2.05) is 50.4 Å². The number of nitrogens with one attached hydrogen (secondary N) is 2. The van der Waals surface area contributed by atoms with Gasteiger partial charge in [-0.15, -0.1) is 0 Å². The summed E-state index contributed by atoms with van der Waals surface area (Å²) in [7, 11) is 1.99. The summed E-state index contributed by atoms with van der Waals surface area (Å²) in [6.07, 6.45) is 3.10. The summed E-state index contributed by atoms with van der Waals surface area (Å²) in [5.74, 6) is -0.154. The molecule has 2 aromatic rings. The summed E-state index contributed by atoms with van der Waals surface area (Å²) in [4.78, 5) is 27.0. The lowest BCUT2D eigenvalue weighted by Crippen LogP contribution is -2.44. The number of aryl methyl sites for hydroxylation is 1. The smallest absolute Gasteiger partial charge is 0.255 e. The number of benzene rings is 2. The van der Waals surface area contributed by atoms with Crippen molar-refractivity contribution in [1.29, 1.82) is 0 Å². The van der Waals surface area contributed by atoms with Gasteiger partial charge in [0.05, 0.1) is 6.04 Å². The highest BCUT2D eigenvalue weighted by atomic mass is 16.2. The van der Waals surface area contributed by atoms with Crippen LogP contribution >= 0.6 is 0 Å². The Morgan fingerprint density at radius 3 is 2.46 bits per heavy atom. The standard InChI is InChI=1S/C21H25N3O2/c1-15-7-5-8-16(13-15)20(25)22-17-9-6-10-18(14-17)23-21(26)19-11-3-4-12-24(19)2/h5-10,13-14,19H,3-4,11-12H2,1-2H3,(H,22,25)(H,23,26)/t19-/m0/s1. The Kier molecular flexibility index (Phi) is 5.68. The molecule has 3 rings (SSSR count). The summed E-state index contributed by atoms with van der Waals surface area (Å²) < 4.78 is 0. The molecule has 2 N–H and O–H groups in total. The number of hydrogen-bond acceptors (Lipinski definition) is 3. The Morgan fingerprint density at radius 1 is 1.00 bits per heavy atom. The summed E-state index contributed by atoms with van der Waals surface area (Å²) in [6.45, 7) is 2.90. The van der Waals surface area contributed by atoms with Gasteiger partial charge in [0.1, 0.15) is 0 Å². The zero-order valence-electron chi connectivity index (χ0n) is 15.3. The van der Waals surface area contributed by atoms with E-state index in [9.17, 15) is 9.59 Å². The number of likely N-dealkylation sites (N-methyl/N-ethyl adjacent to an activating group) is 1. The van der Waals surface area contributed by atoms with Crippen LogP contribution in [0.5, 0.6) is 0 Å². The van der Waals surface area contributed by atoms with Gasteiger partial charge in [-0.05, 0) is 63.7 Å². The van der Waals surface area contributed by atoms with Crippen LogP contribution in [0, 0.1) is 6.92 Å². The SMILES string of the molecule is Cc1cccc(C(=O)Nc2cccc(NC(=O)[C@@H]3CCCCN3C)c2)c1. The Bertz CT molecular complexity index is 803. The van der Waals surface area contributed by atoms with Crippen LogP contribution < -0.4 is 10.6 Å². The largest absolute Gasteiger partial charge is 0.325 e. The predicted molar refractivity (Wildman–Crippen MR) is 104 cm³/mol. The number of carbonyl (C=O) groups excluding carboxylic acids is 2. The van der Waals surface area contributed by atoms with E-state index in [2.05, 4.69) is 15.5 Å². The fraction of sp³-hybridized carbons (Fsp3) is 0.333. The van der Waals surface area contributed by atoms with Gasteiger partial charge in [0.15, 0.2) is 0 Å². The van der Waals surface area contributed by atoms with Crippen molar-refractivity contribution in [2.24, 2.45) is 0 Å². The molecule has 0 unspecified atom stereocenters. The van der Waals surface area contributed by atoms with Crippen molar-refractivity contribution < 1.29 is 9.59 Å². The van der Waals surface area contributed by atoms with Crippen LogP contribution in [0.2, 0.25) is 0 Å². The second-order valence-electron chi connectivity index (χ2n) is 6.89. The van der Waals surface area contributed by atoms with Crippen LogP contribution in [0.25, 0.3) is 0 Å². The maximum atomic E-state index is 12.5. The topological polar surface area (TPSA) is 61.4 Å². The molecule has 0 radical (unpaired) electrons. The van der Waals surface area contributed by atoms with E-state index in [0.29, 0.717) is 16.9 Å². The van der Waals surface area contributed by atoms with E-state index in [-0.39, 0.29) is 17.9 Å². The lowest BCUT2D eigenvalue weighted by atomic mass is 10.0. The highest BCUT2D eigenvalue weighted by Gasteiger charge is 2.25. The molecule has 0 aliphatic carbocycles. The average molecular weight is 351 g/mol. The van der Waals surface area contributed by atoms with Gasteiger partial charge in [0.25, 0.3) is 5.91 Å². The maximum absolute atomic E-state index is 12.5. The van der Waals surface area contributed by atoms with Gasteiger partial charge in [0, 0.05) is 16.9 Å². The van der Waals surface area contributed by atoms with Crippen LogP contribution in [-0.2, 0) is 4.79 Å². The molecule has 26 heavy (non-hydrogen) atoms. The van der Waals surface area contributed by atoms with Gasteiger partial charge in [-0.3, -0.25) is 14.5 Å². The molecule has 0 spiro atoms. The number of rotatable bonds is 4. The lowest BCUT2D eigenvalue weighted by Gasteiger charge is -2.31. The van der Waals surface area contributed by atoms with Crippen molar-refractivity contribution in [3.8, 4) is 0 Å². The quantitative estimate of drug-likeness (QED) is 0.883. The summed E-state index contributed by atoms with van der Waals surface area (Å²) in [5, 5.41) is 5.86. The first-order chi connectivity index (χ1) is 12.5. The lowest BCUT2D eigenvalue weighted by molar-refractivity contribution is -0.121. The fourth-order valence-electron chi connectivity index (χ4n) is 3.30. The number of hydrogen-bond donors (Lipinski definition) is 2. The zero-order chi connectivity index (χ0) is 18.5. The third-order valence-electron chi connectivity index (χ3n) is 4.74. The Morgan fingerprint density at radius 2 is 1.73 bits per heavy atom. The molecule has 5 heteroatoms. The second kappa shape index (κ2) is 8.15. The van der Waals surface area contributed by atoms with Crippen molar-refractivity contribution in [2.45, 2.75) is 32.2 Å². The Balaban J connectivity index is 1.66. The number of piperidine rings is 1. The summed E-state index contributed by atoms with van der Waals surface area (Å²) in [6, 6.07) is 14.6. The molecule has 136 valence electrons. The molecule has 1 atom stereocenters. The number of carbonyl (C=O) groups is 2. The van der Waals surface area contributed by atoms with Gasteiger partial charge in [-0.2, -0.15) is 0 Å². The van der Waals surface area contributed by atoms with Crippen LogP contribution in [0.1, 0.15) is 35.2 Å². The number of anilines is 2. The summed E-state index contributed by atoms with van der Waals surface area (Å²) in [5.41, 5.74) is 3.00. The minimum Gasteiger partial charge on any atom is -0.325 e. The van der Waals surface area contributed by atoms with Crippen molar-refractivity contribution in [3.63, 3.8) is 0 Å². The molecule has 0 aromatic heterocycles. The minimum absolute atomic E-state index is 0.00867. The number of nitrogens with zero attached hydrogens (tertiary/aromatic N) is 1. The third kappa shape index (κ3) is 4.49. The second-order valence-corrected chi connectivity index (χ2v) is 6.89. The molecular weight excluding hydrogens is 326 g/mol. The van der Waals surface area contributed by atoms with Crippen LogP contribution in [0.15, 0.2) is 48.5 Å². The van der Waals surface area contributed by atoms with Crippen LogP contribution in [0.3, 0.4) is 0 Å². The molecule has 1 fully saturated rings. The highest BCUT2D eigenvalue weighted by molar-refractivity contribution is 6.05. The van der Waals surface area contributed by atoms with E-state index < -0.39 is 0 Å². The van der Waals surface area contributed by atoms with Crippen molar-refractivity contribution >= 4 is 23.2 Å². The van der Waals surface area contributed by atoms with E-state index in [0.717, 1.165) is 31.4 Å². The van der Waals surface area contributed by atoms with Crippen LogP contribution in [-0.4, -0.2) is 36.3 Å². The van der Waals surface area contributed by atoms with E-state index in [4.69, 9.17) is 0 Å². The number of likely N-dealkylation sites (tertiary alicyclic amines) is 1. The first kappa shape index (κ1) is 18.1. The van der Waals surface area contributed by atoms with Gasteiger partial charge in [0.2, 0.25) is 5.91 Å². The highest BCUT2D eigenvalue weighted by Crippen LogP contribution is 2.20. The van der Waals surface area contributed by atoms with Crippen molar-refractivity contribution in [2.75, 3.05) is 24.2 Å². The molecule has 1 aliphatic heterocycles. The maximum Gasteiger partial charge on any atom is 0.255 e. The monoisotopic (exact) mass is 351 g/mol. The molecule has 0 saturated carbocycles. The molecule has 2 aromatic carbocycles. The first-order valence-electron chi connectivity index (χ1n) is 9.02. The molecule has 1 saturated heterocycles. The molecule has 2 amide bonds. The Hall–Kier alpha value is -2.66. The fourth-order valence-corrected chi connectivity index (χ4v) is 3.30. The zero-order valence-corrected chi connectivity index (χ0v) is 15.3. The van der Waals surface area contributed by atoms with E-state index >= 15 is 0 Å². The van der Waals surface area contributed by atoms with E-state index in [1.54, 1.807) is 12.1 Å². The van der Waals surface area contributed by atoms with Gasteiger partial charge in [-0.1, -0.05) is 30.2 Å². The van der Waals surface area contributed by atoms with Gasteiger partial charge in [-0.25, -0.2) is 0 Å². The average Bonchev–Trinajstić information content (AvgIpc) is 2.62. The Labute approximate surface area is 154 Å². The van der Waals surface area contributed by atoms with Gasteiger partial charge < -0.3 is 10.6 Å².